The number of hydrogen-bond acceptors (Lipinski definition) is 5. The molecule has 0 radical (unpaired) electrons. The summed E-state index contributed by atoms with van der Waals surface area (Å²) in [4.78, 5) is 17.5. The van der Waals surface area contributed by atoms with Crippen molar-refractivity contribution in [1.82, 2.24) is 20.1 Å². The van der Waals surface area contributed by atoms with Gasteiger partial charge >= 0.3 is 0 Å². The summed E-state index contributed by atoms with van der Waals surface area (Å²) in [5, 5.41) is 7.62. The molecule has 192 valence electrons. The van der Waals surface area contributed by atoms with Crippen LogP contribution in [0.5, 0.6) is 5.75 Å². The van der Waals surface area contributed by atoms with Gasteiger partial charge in [0.2, 0.25) is 6.41 Å². The molecule has 3 aromatic rings. The molecule has 1 aliphatic carbocycles. The molecule has 36 heavy (non-hydrogen) atoms. The van der Waals surface area contributed by atoms with Crippen LogP contribution >= 0.6 is 0 Å². The molecule has 0 spiro atoms. The number of anilines is 1. The van der Waals surface area contributed by atoms with E-state index in [1.165, 1.54) is 38.1 Å². The summed E-state index contributed by atoms with van der Waals surface area (Å²) in [5.41, 5.74) is 3.51. The quantitative estimate of drug-likeness (QED) is 0.281. The van der Waals surface area contributed by atoms with Crippen LogP contribution in [0.25, 0.3) is 11.3 Å². The fourth-order valence-corrected chi connectivity index (χ4v) is 5.00. The maximum Gasteiger partial charge on any atom is 0.207 e. The van der Waals surface area contributed by atoms with E-state index in [4.69, 9.17) is 9.84 Å². The van der Waals surface area contributed by atoms with Crippen LogP contribution in [0.3, 0.4) is 0 Å². The van der Waals surface area contributed by atoms with Crippen molar-refractivity contribution in [2.45, 2.75) is 57.9 Å². The van der Waals surface area contributed by atoms with E-state index in [0.29, 0.717) is 36.0 Å². The Kier molecular flexibility index (Phi) is 8.92. The van der Waals surface area contributed by atoms with Crippen LogP contribution < -0.4 is 15.0 Å². The molecule has 0 unspecified atom stereocenters. The standard InChI is InChI=1S/C28H36FN5O2/c1-21-11-12-31-28(17-21)33(16-13-30-20-35)14-6-15-34-27(22-7-4-3-5-8-22)19-26(32-34)24-10-9-23(36-2)18-25(24)29/h9-12,17-20,22H,3-8,13-16H2,1-2H3,(H,30,35). The zero-order chi connectivity index (χ0) is 25.3. The number of aromatic nitrogens is 3. The fraction of sp³-hybridized carbons (Fsp3) is 0.464. The number of carbonyl (C=O) groups is 1. The van der Waals surface area contributed by atoms with Crippen molar-refractivity contribution in [3.8, 4) is 17.0 Å². The van der Waals surface area contributed by atoms with Crippen LogP contribution in [0, 0.1) is 12.7 Å². The Morgan fingerprint density at radius 1 is 1.17 bits per heavy atom. The maximum atomic E-state index is 14.9. The average Bonchev–Trinajstić information content (AvgIpc) is 3.32. The third kappa shape index (κ3) is 6.42. The summed E-state index contributed by atoms with van der Waals surface area (Å²) in [5.74, 6) is 1.52. The summed E-state index contributed by atoms with van der Waals surface area (Å²) < 4.78 is 22.1. The lowest BCUT2D eigenvalue weighted by atomic mass is 9.86. The monoisotopic (exact) mass is 493 g/mol. The summed E-state index contributed by atoms with van der Waals surface area (Å²) in [7, 11) is 1.54. The molecule has 0 saturated heterocycles. The number of nitrogens with zero attached hydrogens (tertiary/aromatic N) is 4. The Bertz CT molecular complexity index is 1140. The zero-order valence-electron chi connectivity index (χ0n) is 21.3. The van der Waals surface area contributed by atoms with Gasteiger partial charge in [-0.15, -0.1) is 0 Å². The Balaban J connectivity index is 1.53. The van der Waals surface area contributed by atoms with Gasteiger partial charge in [-0.25, -0.2) is 9.37 Å². The number of nitrogens with one attached hydrogen (secondary N) is 1. The van der Waals surface area contributed by atoms with Gasteiger partial charge in [-0.2, -0.15) is 5.10 Å². The number of aryl methyl sites for hydroxylation is 2. The van der Waals surface area contributed by atoms with E-state index in [-0.39, 0.29) is 5.82 Å². The second-order valence-electron chi connectivity index (χ2n) is 9.46. The van der Waals surface area contributed by atoms with Crippen LogP contribution in [0.15, 0.2) is 42.6 Å². The van der Waals surface area contributed by atoms with Gasteiger partial charge < -0.3 is 15.0 Å². The van der Waals surface area contributed by atoms with E-state index < -0.39 is 0 Å². The minimum absolute atomic E-state index is 0.325. The molecule has 1 amide bonds. The number of rotatable bonds is 12. The van der Waals surface area contributed by atoms with Crippen molar-refractivity contribution in [1.29, 1.82) is 0 Å². The molecular formula is C28H36FN5O2. The molecule has 2 heterocycles. The number of benzene rings is 1. The lowest BCUT2D eigenvalue weighted by Gasteiger charge is -2.25. The van der Waals surface area contributed by atoms with Crippen molar-refractivity contribution < 1.29 is 13.9 Å². The van der Waals surface area contributed by atoms with Crippen LogP contribution in [0.2, 0.25) is 0 Å². The number of pyridine rings is 1. The summed E-state index contributed by atoms with van der Waals surface area (Å²) in [6.45, 7) is 4.77. The molecule has 1 aromatic carbocycles. The molecule has 0 aliphatic heterocycles. The molecule has 4 rings (SSSR count). The summed E-state index contributed by atoms with van der Waals surface area (Å²) in [6, 6.07) is 11.1. The highest BCUT2D eigenvalue weighted by Gasteiger charge is 2.22. The minimum atomic E-state index is -0.325. The second-order valence-corrected chi connectivity index (χ2v) is 9.46. The minimum Gasteiger partial charge on any atom is -0.497 e. The van der Waals surface area contributed by atoms with Gasteiger partial charge in [-0.1, -0.05) is 19.3 Å². The number of amides is 1. The van der Waals surface area contributed by atoms with Crippen LogP contribution in [-0.4, -0.2) is 47.9 Å². The van der Waals surface area contributed by atoms with Crippen molar-refractivity contribution in [3.05, 3.63) is 59.7 Å². The first-order valence-corrected chi connectivity index (χ1v) is 12.9. The normalized spacial score (nSPS) is 14.0. The molecule has 0 atom stereocenters. The molecule has 1 fully saturated rings. The third-order valence-corrected chi connectivity index (χ3v) is 6.92. The first-order chi connectivity index (χ1) is 17.6. The number of halogens is 1. The lowest BCUT2D eigenvalue weighted by Crippen LogP contribution is -2.33. The van der Waals surface area contributed by atoms with Gasteiger partial charge in [0.25, 0.3) is 0 Å². The number of hydrogen-bond donors (Lipinski definition) is 1. The average molecular weight is 494 g/mol. The van der Waals surface area contributed by atoms with E-state index in [9.17, 15) is 9.18 Å². The molecule has 0 bridgehead atoms. The van der Waals surface area contributed by atoms with Crippen LogP contribution in [0.4, 0.5) is 10.2 Å². The van der Waals surface area contributed by atoms with E-state index in [1.54, 1.807) is 12.1 Å². The largest absolute Gasteiger partial charge is 0.497 e. The topological polar surface area (TPSA) is 72.3 Å². The number of ether oxygens (including phenoxy) is 1. The summed E-state index contributed by atoms with van der Waals surface area (Å²) >= 11 is 0. The van der Waals surface area contributed by atoms with Crippen LogP contribution in [-0.2, 0) is 11.3 Å². The molecule has 1 saturated carbocycles. The van der Waals surface area contributed by atoms with Gasteiger partial charge in [-0.3, -0.25) is 9.48 Å². The molecule has 7 nitrogen and oxygen atoms in total. The first kappa shape index (κ1) is 25.7. The maximum absolute atomic E-state index is 14.9. The van der Waals surface area contributed by atoms with Gasteiger partial charge in [0, 0.05) is 55.6 Å². The Morgan fingerprint density at radius 3 is 2.72 bits per heavy atom. The molecular weight excluding hydrogens is 457 g/mol. The smallest absolute Gasteiger partial charge is 0.207 e. The molecule has 1 aliphatic rings. The SMILES string of the molecule is COc1ccc(-c2cc(C3CCCCC3)n(CCCN(CCNC=O)c3cc(C)ccn3)n2)c(F)c1. The predicted molar refractivity (Wildman–Crippen MR) is 140 cm³/mol. The lowest BCUT2D eigenvalue weighted by molar-refractivity contribution is -0.109. The van der Waals surface area contributed by atoms with Gasteiger partial charge in [0.1, 0.15) is 17.4 Å². The van der Waals surface area contributed by atoms with E-state index >= 15 is 0 Å². The third-order valence-electron chi connectivity index (χ3n) is 6.92. The van der Waals surface area contributed by atoms with Crippen molar-refractivity contribution in [2.75, 3.05) is 31.6 Å². The Morgan fingerprint density at radius 2 is 2.00 bits per heavy atom. The molecule has 2 aromatic heterocycles. The fourth-order valence-electron chi connectivity index (χ4n) is 5.00. The summed E-state index contributed by atoms with van der Waals surface area (Å²) in [6.07, 6.45) is 9.40. The highest BCUT2D eigenvalue weighted by molar-refractivity contribution is 5.61. The number of carbonyl (C=O) groups excluding carboxylic acids is 1. The van der Waals surface area contributed by atoms with Gasteiger partial charge in [0.15, 0.2) is 0 Å². The Hall–Kier alpha value is -3.42. The molecule has 1 N–H and O–H groups in total. The van der Waals surface area contributed by atoms with Crippen molar-refractivity contribution in [3.63, 3.8) is 0 Å². The first-order valence-electron chi connectivity index (χ1n) is 12.9. The van der Waals surface area contributed by atoms with Gasteiger partial charge in [0.05, 0.1) is 12.8 Å². The van der Waals surface area contributed by atoms with Gasteiger partial charge in [-0.05, 0) is 62.1 Å². The second kappa shape index (κ2) is 12.5. The Labute approximate surface area is 212 Å². The predicted octanol–water partition coefficient (Wildman–Crippen LogP) is 5.09. The molecule has 8 heteroatoms. The van der Waals surface area contributed by atoms with E-state index in [2.05, 4.69) is 32.0 Å². The van der Waals surface area contributed by atoms with Crippen LogP contribution in [0.1, 0.15) is 55.7 Å². The van der Waals surface area contributed by atoms with Crippen molar-refractivity contribution >= 4 is 12.2 Å². The highest BCUT2D eigenvalue weighted by atomic mass is 19.1. The van der Waals surface area contributed by atoms with E-state index in [1.807, 2.05) is 19.2 Å². The number of methoxy groups -OCH3 is 1. The van der Waals surface area contributed by atoms with E-state index in [0.717, 1.165) is 50.1 Å². The highest BCUT2D eigenvalue weighted by Crippen LogP contribution is 2.35. The zero-order valence-corrected chi connectivity index (χ0v) is 21.3. The van der Waals surface area contributed by atoms with Crippen molar-refractivity contribution in [2.24, 2.45) is 0 Å².